The highest BCUT2D eigenvalue weighted by Crippen LogP contribution is 2.60. The number of carbonyl (C=O) groups excluding carboxylic acids is 2. The molecule has 1 fully saturated rings. The third-order valence-corrected chi connectivity index (χ3v) is 11.0. The first-order valence-corrected chi connectivity index (χ1v) is 16.6. The molecule has 2 amide bonds. The van der Waals surface area contributed by atoms with E-state index in [2.05, 4.69) is 0 Å². The molecule has 3 aromatic rings. The minimum absolute atomic E-state index is 0.0542. The molecule has 0 unspecified atom stereocenters. The Morgan fingerprint density at radius 1 is 1.02 bits per heavy atom. The molecule has 6 rings (SSSR count). The number of benzene rings is 3. The van der Waals surface area contributed by atoms with Crippen LogP contribution in [0.5, 0.6) is 5.75 Å². The van der Waals surface area contributed by atoms with Crippen molar-refractivity contribution in [1.82, 2.24) is 0 Å². The van der Waals surface area contributed by atoms with E-state index in [0.29, 0.717) is 17.1 Å². The van der Waals surface area contributed by atoms with Gasteiger partial charge in [-0.15, -0.1) is 0 Å². The summed E-state index contributed by atoms with van der Waals surface area (Å²) in [6.07, 6.45) is -0.261. The highest BCUT2D eigenvalue weighted by Gasteiger charge is 2.66. The first-order valence-electron chi connectivity index (χ1n) is 13.7. The summed E-state index contributed by atoms with van der Waals surface area (Å²) in [5.74, 6) is -0.160. The number of carbonyl (C=O) groups is 2. The van der Waals surface area contributed by atoms with Gasteiger partial charge in [-0.3, -0.25) is 14.5 Å². The second kappa shape index (κ2) is 9.83. The summed E-state index contributed by atoms with van der Waals surface area (Å²) in [5.41, 5.74) is 1.92. The van der Waals surface area contributed by atoms with E-state index in [4.69, 9.17) is 9.47 Å². The molecule has 7 nitrogen and oxygen atoms in total. The van der Waals surface area contributed by atoms with Gasteiger partial charge < -0.3 is 23.6 Å². The third-order valence-electron chi connectivity index (χ3n) is 8.50. The number of ether oxygens (including phenoxy) is 2. The number of rotatable bonds is 6. The van der Waals surface area contributed by atoms with Crippen LogP contribution in [0.15, 0.2) is 72.8 Å². The van der Waals surface area contributed by atoms with Gasteiger partial charge >= 0.3 is 0 Å². The van der Waals surface area contributed by atoms with Crippen molar-refractivity contribution in [2.24, 2.45) is 5.92 Å². The van der Waals surface area contributed by atoms with Crippen LogP contribution in [0.25, 0.3) is 0 Å². The van der Waals surface area contributed by atoms with Crippen LogP contribution >= 0.6 is 0 Å². The normalized spacial score (nSPS) is 25.8. The van der Waals surface area contributed by atoms with Crippen molar-refractivity contribution in [2.75, 3.05) is 23.0 Å². The molecule has 0 aliphatic carbocycles. The van der Waals surface area contributed by atoms with E-state index in [0.717, 1.165) is 16.8 Å². The molecule has 0 saturated carbocycles. The number of halogens is 1. The van der Waals surface area contributed by atoms with Crippen LogP contribution in [0, 0.1) is 5.92 Å². The molecule has 4 atom stereocenters. The molecule has 1 saturated heterocycles. The second-order valence-electron chi connectivity index (χ2n) is 11.3. The van der Waals surface area contributed by atoms with E-state index in [1.54, 1.807) is 22.9 Å². The van der Waals surface area contributed by atoms with E-state index >= 15 is 4.11 Å². The Hall–Kier alpha value is -3.53. The number of fused-ring (bicyclic) bond motifs is 3. The van der Waals surface area contributed by atoms with Gasteiger partial charge in [-0.2, -0.15) is 0 Å². The molecule has 3 heterocycles. The zero-order valence-electron chi connectivity index (χ0n) is 22.8. The van der Waals surface area contributed by atoms with Crippen LogP contribution < -0.4 is 14.5 Å². The number of nitrogens with zero attached hydrogens (tertiary/aromatic N) is 2. The van der Waals surface area contributed by atoms with Crippen molar-refractivity contribution >= 4 is 37.3 Å². The van der Waals surface area contributed by atoms with E-state index in [-0.39, 0.29) is 38.0 Å². The van der Waals surface area contributed by atoms with E-state index < -0.39 is 31.6 Å². The lowest BCUT2D eigenvalue weighted by molar-refractivity contribution is -0.146. The van der Waals surface area contributed by atoms with Gasteiger partial charge in [-0.05, 0) is 55.4 Å². The molecule has 3 aliphatic rings. The van der Waals surface area contributed by atoms with Gasteiger partial charge in [0.15, 0.2) is 12.2 Å². The molecule has 0 radical (unpaired) electrons. The zero-order valence-corrected chi connectivity index (χ0v) is 23.8. The van der Waals surface area contributed by atoms with Gasteiger partial charge in [0.2, 0.25) is 8.41 Å². The molecule has 3 aliphatic heterocycles. The molecule has 40 heavy (non-hydrogen) atoms. The first-order chi connectivity index (χ1) is 19.2. The first kappa shape index (κ1) is 26.7. The number of para-hydroxylation sites is 3. The molecule has 1 spiro atoms. The maximum atomic E-state index is 15.7. The van der Waals surface area contributed by atoms with Gasteiger partial charge in [0.25, 0.3) is 11.8 Å². The van der Waals surface area contributed by atoms with E-state index in [9.17, 15) is 14.7 Å². The summed E-state index contributed by atoms with van der Waals surface area (Å²) in [5, 5.41) is 9.73. The average molecular weight is 561 g/mol. The molecular formula is C31H33FN2O5Si. The fraction of sp³-hybridized carbons (Fsp3) is 0.355. The maximum Gasteiger partial charge on any atom is 0.269 e. The average Bonchev–Trinajstić information content (AvgIpc) is 3.36. The van der Waals surface area contributed by atoms with Gasteiger partial charge in [0, 0.05) is 29.3 Å². The Kier molecular flexibility index (Phi) is 6.56. The fourth-order valence-corrected chi connectivity index (χ4v) is 9.46. The van der Waals surface area contributed by atoms with Gasteiger partial charge in [0.05, 0.1) is 24.0 Å². The van der Waals surface area contributed by atoms with Gasteiger partial charge in [-0.1, -0.05) is 49.4 Å². The molecule has 208 valence electrons. The van der Waals surface area contributed by atoms with Crippen molar-refractivity contribution in [2.45, 2.75) is 50.2 Å². The smallest absolute Gasteiger partial charge is 0.269 e. The Morgan fingerprint density at radius 3 is 2.50 bits per heavy atom. The quantitative estimate of drug-likeness (QED) is 0.321. The molecule has 1 N–H and O–H groups in total. The van der Waals surface area contributed by atoms with Crippen molar-refractivity contribution in [3.8, 4) is 5.75 Å². The molecule has 3 aromatic carbocycles. The lowest BCUT2D eigenvalue weighted by Crippen LogP contribution is -2.45. The Labute approximate surface area is 234 Å². The minimum Gasteiger partial charge on any atom is -0.482 e. The van der Waals surface area contributed by atoms with E-state index in [1.165, 1.54) is 0 Å². The SMILES string of the molecule is C[C@H]1[C@H]([Si](C)(C)F)[C@@H](CCO)O[C@]12C(=O)N(Cc1cccc(N3C(=O)COc4ccccc43)c1)c1ccccc12. The van der Waals surface area contributed by atoms with Crippen LogP contribution in [0.2, 0.25) is 18.6 Å². The molecule has 9 heteroatoms. The summed E-state index contributed by atoms with van der Waals surface area (Å²) in [6, 6.07) is 22.5. The predicted octanol–water partition coefficient (Wildman–Crippen LogP) is 5.45. The fourth-order valence-electron chi connectivity index (χ4n) is 6.92. The second-order valence-corrected chi connectivity index (χ2v) is 15.1. The number of anilines is 3. The van der Waals surface area contributed by atoms with Crippen molar-refractivity contribution in [3.05, 3.63) is 83.9 Å². The Balaban J connectivity index is 1.37. The Morgan fingerprint density at radius 2 is 1.75 bits per heavy atom. The highest BCUT2D eigenvalue weighted by atomic mass is 28.4. The summed E-state index contributed by atoms with van der Waals surface area (Å²) in [7, 11) is -3.24. The standard InChI is InChI=1S/C31H33FN2O5Si/c1-20-29(40(2,3)32)27(15-16-35)39-31(20)23-11-4-5-12-24(23)33(30(31)37)18-21-9-8-10-22(17-21)34-25-13-6-7-14-26(25)38-19-28(34)36/h4-14,17,20,27,29,35H,15-16,18-19H2,1-3H3/t20-,27+,29-,31+/m0/s1. The summed E-state index contributed by atoms with van der Waals surface area (Å²) >= 11 is 0. The number of amides is 2. The van der Waals surface area contributed by atoms with Crippen LogP contribution in [0.4, 0.5) is 21.2 Å². The van der Waals surface area contributed by atoms with Gasteiger partial charge in [-0.25, -0.2) is 0 Å². The number of hydrogen-bond donors (Lipinski definition) is 1. The van der Waals surface area contributed by atoms with Crippen molar-refractivity contribution in [1.29, 1.82) is 0 Å². The molecular weight excluding hydrogens is 527 g/mol. The van der Waals surface area contributed by atoms with Crippen molar-refractivity contribution < 1.29 is 28.3 Å². The maximum absolute atomic E-state index is 15.7. The lowest BCUT2D eigenvalue weighted by Gasteiger charge is -2.31. The summed E-state index contributed by atoms with van der Waals surface area (Å²) < 4.78 is 27.8. The minimum atomic E-state index is -3.24. The Bertz CT molecular complexity index is 1480. The number of aliphatic hydroxyl groups is 1. The zero-order chi connectivity index (χ0) is 28.2. The topological polar surface area (TPSA) is 79.3 Å². The van der Waals surface area contributed by atoms with Crippen LogP contribution in [-0.2, 0) is 26.5 Å². The summed E-state index contributed by atoms with van der Waals surface area (Å²) in [6.45, 7) is 5.29. The third kappa shape index (κ3) is 4.06. The highest BCUT2D eigenvalue weighted by molar-refractivity contribution is 6.72. The molecule has 0 bridgehead atoms. The van der Waals surface area contributed by atoms with Crippen LogP contribution in [0.3, 0.4) is 0 Å². The lowest BCUT2D eigenvalue weighted by atomic mass is 9.82. The predicted molar refractivity (Wildman–Crippen MR) is 153 cm³/mol. The number of aliphatic hydroxyl groups excluding tert-OH is 1. The largest absolute Gasteiger partial charge is 0.482 e. The monoisotopic (exact) mass is 560 g/mol. The van der Waals surface area contributed by atoms with Gasteiger partial charge in [0.1, 0.15) is 5.75 Å². The summed E-state index contributed by atoms with van der Waals surface area (Å²) in [4.78, 5) is 30.6. The number of hydrogen-bond acceptors (Lipinski definition) is 5. The van der Waals surface area contributed by atoms with Crippen LogP contribution in [0.1, 0.15) is 24.5 Å². The van der Waals surface area contributed by atoms with Crippen molar-refractivity contribution in [3.63, 3.8) is 0 Å². The van der Waals surface area contributed by atoms with Crippen LogP contribution in [-0.4, -0.2) is 44.6 Å². The molecule has 0 aromatic heterocycles. The van der Waals surface area contributed by atoms with E-state index in [1.807, 2.05) is 79.7 Å².